The summed E-state index contributed by atoms with van der Waals surface area (Å²) in [5, 5.41) is 0. The molecule has 0 amide bonds. The van der Waals surface area contributed by atoms with Crippen molar-refractivity contribution in [2.24, 2.45) is 0 Å². The van der Waals surface area contributed by atoms with Crippen LogP contribution in [0, 0.1) is 0 Å². The van der Waals surface area contributed by atoms with Crippen LogP contribution in [0.3, 0.4) is 0 Å². The molecule has 1 saturated heterocycles. The van der Waals surface area contributed by atoms with Gasteiger partial charge in [-0.15, -0.1) is 0 Å². The van der Waals surface area contributed by atoms with E-state index >= 15 is 0 Å². The highest BCUT2D eigenvalue weighted by Crippen LogP contribution is 2.31. The third kappa shape index (κ3) is 4.67. The lowest BCUT2D eigenvalue weighted by atomic mass is 10.1. The average molecular weight is 417 g/mol. The molecule has 0 N–H and O–H groups in total. The van der Waals surface area contributed by atoms with Gasteiger partial charge in [-0.2, -0.15) is 4.31 Å². The molecule has 3 rings (SSSR count). The van der Waals surface area contributed by atoms with Crippen molar-refractivity contribution in [2.45, 2.75) is 4.90 Å². The number of carbonyl (C=O) groups is 1. The molecule has 1 aliphatic rings. The molecule has 7 nitrogen and oxygen atoms in total. The van der Waals surface area contributed by atoms with Gasteiger partial charge in [-0.3, -0.25) is 4.79 Å². The maximum Gasteiger partial charge on any atom is 0.243 e. The highest BCUT2D eigenvalue weighted by atomic mass is 32.2. The number of ketones is 1. The Morgan fingerprint density at radius 3 is 2.34 bits per heavy atom. The van der Waals surface area contributed by atoms with Gasteiger partial charge >= 0.3 is 0 Å². The van der Waals surface area contributed by atoms with E-state index in [0.29, 0.717) is 48.9 Å². The fourth-order valence-electron chi connectivity index (χ4n) is 3.03. The lowest BCUT2D eigenvalue weighted by Gasteiger charge is -2.26. The molecule has 8 heteroatoms. The topological polar surface area (TPSA) is 82.1 Å². The van der Waals surface area contributed by atoms with Crippen molar-refractivity contribution >= 4 is 21.9 Å². The molecule has 0 aliphatic carbocycles. The second-order valence-electron chi connectivity index (χ2n) is 6.32. The average Bonchev–Trinajstić information content (AvgIpc) is 2.77. The van der Waals surface area contributed by atoms with Crippen LogP contribution in [0.5, 0.6) is 11.5 Å². The first-order valence-electron chi connectivity index (χ1n) is 9.08. The normalized spacial score (nSPS) is 15.4. The summed E-state index contributed by atoms with van der Waals surface area (Å²) in [5.74, 6) is 0.857. The second-order valence-corrected chi connectivity index (χ2v) is 8.26. The van der Waals surface area contributed by atoms with Crippen LogP contribution in [0.1, 0.15) is 15.9 Å². The van der Waals surface area contributed by atoms with Crippen molar-refractivity contribution in [3.05, 3.63) is 59.7 Å². The van der Waals surface area contributed by atoms with Crippen LogP contribution >= 0.6 is 0 Å². The van der Waals surface area contributed by atoms with E-state index in [1.807, 2.05) is 6.07 Å². The summed E-state index contributed by atoms with van der Waals surface area (Å²) in [6, 6.07) is 11.3. The first-order chi connectivity index (χ1) is 14.0. The Morgan fingerprint density at radius 2 is 1.72 bits per heavy atom. The van der Waals surface area contributed by atoms with Gasteiger partial charge in [-0.05, 0) is 42.5 Å². The van der Waals surface area contributed by atoms with Crippen molar-refractivity contribution in [3.8, 4) is 11.5 Å². The monoisotopic (exact) mass is 417 g/mol. The maximum atomic E-state index is 12.7. The van der Waals surface area contributed by atoms with Crippen molar-refractivity contribution in [2.75, 3.05) is 40.5 Å². The minimum atomic E-state index is -3.58. The predicted octanol–water partition coefficient (Wildman–Crippen LogP) is 2.62. The molecule has 0 spiro atoms. The van der Waals surface area contributed by atoms with Gasteiger partial charge in [-0.25, -0.2) is 8.42 Å². The van der Waals surface area contributed by atoms with Crippen molar-refractivity contribution in [1.82, 2.24) is 4.31 Å². The number of para-hydroxylation sites is 1. The number of nitrogens with zero attached hydrogens (tertiary/aromatic N) is 1. The number of allylic oxidation sites excluding steroid dienone is 1. The smallest absolute Gasteiger partial charge is 0.243 e. The number of hydrogen-bond donors (Lipinski definition) is 0. The summed E-state index contributed by atoms with van der Waals surface area (Å²) < 4.78 is 42.5. The van der Waals surface area contributed by atoms with E-state index in [0.717, 1.165) is 0 Å². The minimum Gasteiger partial charge on any atom is -0.493 e. The van der Waals surface area contributed by atoms with Crippen molar-refractivity contribution < 1.29 is 27.4 Å². The fourth-order valence-corrected chi connectivity index (χ4v) is 4.44. The molecular formula is C21H23NO6S. The molecular weight excluding hydrogens is 394 g/mol. The number of sulfonamides is 1. The molecule has 0 aromatic heterocycles. The molecule has 154 valence electrons. The lowest BCUT2D eigenvalue weighted by molar-refractivity contribution is 0.0730. The number of carbonyl (C=O) groups excluding carboxylic acids is 1. The largest absolute Gasteiger partial charge is 0.493 e. The number of ether oxygens (including phenoxy) is 3. The van der Waals surface area contributed by atoms with Crippen LogP contribution in [-0.4, -0.2) is 59.0 Å². The summed E-state index contributed by atoms with van der Waals surface area (Å²) in [4.78, 5) is 12.7. The van der Waals surface area contributed by atoms with Crippen LogP contribution in [0.25, 0.3) is 6.08 Å². The predicted molar refractivity (Wildman–Crippen MR) is 109 cm³/mol. The van der Waals surface area contributed by atoms with Crippen molar-refractivity contribution in [1.29, 1.82) is 0 Å². The SMILES string of the molecule is COc1cccc(/C=C/C(=O)c2ccc(S(=O)(=O)N3CCOCC3)cc2)c1OC. The van der Waals surface area contributed by atoms with Gasteiger partial charge in [0.05, 0.1) is 32.3 Å². The molecule has 2 aromatic rings. The summed E-state index contributed by atoms with van der Waals surface area (Å²) in [5.41, 5.74) is 1.09. The first kappa shape index (κ1) is 21.0. The Kier molecular flexibility index (Phi) is 6.68. The fraction of sp³-hybridized carbons (Fsp3) is 0.286. The number of methoxy groups -OCH3 is 2. The summed E-state index contributed by atoms with van der Waals surface area (Å²) >= 11 is 0. The molecule has 0 radical (unpaired) electrons. The standard InChI is InChI=1S/C21H23NO6S/c1-26-20-5-3-4-17(21(20)27-2)8-11-19(23)16-6-9-18(10-7-16)29(24,25)22-12-14-28-15-13-22/h3-11H,12-15H2,1-2H3/b11-8+. The molecule has 0 atom stereocenters. The maximum absolute atomic E-state index is 12.7. The van der Waals surface area contributed by atoms with Crippen LogP contribution in [0.15, 0.2) is 53.4 Å². The van der Waals surface area contributed by atoms with Crippen molar-refractivity contribution in [3.63, 3.8) is 0 Å². The molecule has 29 heavy (non-hydrogen) atoms. The lowest BCUT2D eigenvalue weighted by Crippen LogP contribution is -2.40. The van der Waals surface area contributed by atoms with E-state index in [1.165, 1.54) is 41.8 Å². The van der Waals surface area contributed by atoms with Gasteiger partial charge in [0.2, 0.25) is 10.0 Å². The number of rotatable bonds is 7. The second kappa shape index (κ2) is 9.21. The molecule has 1 aliphatic heterocycles. The highest BCUT2D eigenvalue weighted by molar-refractivity contribution is 7.89. The summed E-state index contributed by atoms with van der Waals surface area (Å²) in [6.07, 6.45) is 3.06. The van der Waals surface area contributed by atoms with E-state index in [1.54, 1.807) is 25.3 Å². The number of hydrogen-bond acceptors (Lipinski definition) is 6. The Labute approximate surface area is 170 Å². The molecule has 1 heterocycles. The Bertz CT molecular complexity index is 992. The zero-order valence-corrected chi connectivity index (χ0v) is 17.1. The van der Waals surface area contributed by atoms with Crippen LogP contribution in [0.2, 0.25) is 0 Å². The quantitative estimate of drug-likeness (QED) is 0.509. The zero-order chi connectivity index (χ0) is 20.9. The van der Waals surface area contributed by atoms with Gasteiger partial charge in [-0.1, -0.05) is 12.1 Å². The molecule has 0 saturated carbocycles. The van der Waals surface area contributed by atoms with Gasteiger partial charge in [0.15, 0.2) is 17.3 Å². The highest BCUT2D eigenvalue weighted by Gasteiger charge is 2.26. The van der Waals surface area contributed by atoms with E-state index < -0.39 is 10.0 Å². The van der Waals surface area contributed by atoms with Gasteiger partial charge < -0.3 is 14.2 Å². The third-order valence-electron chi connectivity index (χ3n) is 4.59. The molecule has 2 aromatic carbocycles. The summed E-state index contributed by atoms with van der Waals surface area (Å²) in [7, 11) is -0.506. The van der Waals surface area contributed by atoms with Crippen LogP contribution in [0.4, 0.5) is 0 Å². The molecule has 0 unspecified atom stereocenters. The van der Waals surface area contributed by atoms with Crippen LogP contribution in [-0.2, 0) is 14.8 Å². The third-order valence-corrected chi connectivity index (χ3v) is 6.51. The van der Waals surface area contributed by atoms with Gasteiger partial charge in [0, 0.05) is 24.2 Å². The van der Waals surface area contributed by atoms with E-state index in [-0.39, 0.29) is 10.7 Å². The molecule has 0 bridgehead atoms. The van der Waals surface area contributed by atoms with E-state index in [4.69, 9.17) is 14.2 Å². The Balaban J connectivity index is 1.77. The Hall–Kier alpha value is -2.68. The molecule has 1 fully saturated rings. The van der Waals surface area contributed by atoms with Gasteiger partial charge in [0.1, 0.15) is 0 Å². The first-order valence-corrected chi connectivity index (χ1v) is 10.5. The Morgan fingerprint density at radius 1 is 1.03 bits per heavy atom. The van der Waals surface area contributed by atoms with E-state index in [2.05, 4.69) is 0 Å². The summed E-state index contributed by atoms with van der Waals surface area (Å²) in [6.45, 7) is 1.42. The zero-order valence-electron chi connectivity index (χ0n) is 16.3. The van der Waals surface area contributed by atoms with Gasteiger partial charge in [0.25, 0.3) is 0 Å². The minimum absolute atomic E-state index is 0.161. The van der Waals surface area contributed by atoms with E-state index in [9.17, 15) is 13.2 Å². The van der Waals surface area contributed by atoms with Crippen LogP contribution < -0.4 is 9.47 Å². The number of benzene rings is 2. The number of morpholine rings is 1.